The number of nitro groups is 1. The molecule has 1 aromatic heterocycles. The predicted octanol–water partition coefficient (Wildman–Crippen LogP) is 3.97. The van der Waals surface area contributed by atoms with Crippen molar-refractivity contribution < 1.29 is 19.2 Å². The molecule has 2 rings (SSSR count). The van der Waals surface area contributed by atoms with Gasteiger partial charge in [0, 0.05) is 11.8 Å². The number of rotatable bonds is 7. The molecular formula is C17H18N2O5S. The lowest BCUT2D eigenvalue weighted by Crippen LogP contribution is -2.20. The van der Waals surface area contributed by atoms with Gasteiger partial charge in [-0.3, -0.25) is 14.9 Å². The third-order valence-electron chi connectivity index (χ3n) is 3.68. The molecule has 0 fully saturated rings. The molecule has 2 aromatic rings. The average Bonchev–Trinajstić information content (AvgIpc) is 3.10. The maximum Gasteiger partial charge on any atom is 0.349 e. The number of carbonyl (C=O) groups is 2. The maximum absolute atomic E-state index is 11.8. The largest absolute Gasteiger partial charge is 0.451 e. The second-order valence-corrected chi connectivity index (χ2v) is 6.51. The maximum atomic E-state index is 11.8. The van der Waals surface area contributed by atoms with Gasteiger partial charge in [0.25, 0.3) is 5.91 Å². The Bertz CT molecular complexity index is 770. The van der Waals surface area contributed by atoms with E-state index in [-0.39, 0.29) is 9.88 Å². The van der Waals surface area contributed by atoms with Gasteiger partial charge in [0.1, 0.15) is 4.88 Å². The molecule has 0 unspecified atom stereocenters. The summed E-state index contributed by atoms with van der Waals surface area (Å²) in [5.41, 5.74) is 1.80. The van der Waals surface area contributed by atoms with E-state index in [9.17, 15) is 19.7 Å². The molecule has 0 bridgehead atoms. The van der Waals surface area contributed by atoms with Crippen molar-refractivity contribution in [2.45, 2.75) is 26.2 Å². The highest BCUT2D eigenvalue weighted by molar-refractivity contribution is 7.17. The van der Waals surface area contributed by atoms with Crippen LogP contribution in [0.5, 0.6) is 0 Å². The van der Waals surface area contributed by atoms with E-state index >= 15 is 0 Å². The van der Waals surface area contributed by atoms with Gasteiger partial charge in [-0.15, -0.1) is 0 Å². The van der Waals surface area contributed by atoms with E-state index in [1.165, 1.54) is 17.7 Å². The molecule has 0 radical (unpaired) electrons. The fourth-order valence-electron chi connectivity index (χ4n) is 2.07. The van der Waals surface area contributed by atoms with Gasteiger partial charge in [0.05, 0.1) is 4.92 Å². The standard InChI is InChI=1S/C17H18N2O5S/c1-3-11(2)12-4-6-13(7-5-12)18-15(20)10-24-17(21)14-8-9-16(25-14)19(22)23/h4-9,11H,3,10H2,1-2H3,(H,18,20)/t11-/m0/s1. The van der Waals surface area contributed by atoms with Crippen molar-refractivity contribution in [3.05, 3.63) is 57.0 Å². The highest BCUT2D eigenvalue weighted by Gasteiger charge is 2.17. The van der Waals surface area contributed by atoms with Crippen LogP contribution in [0.1, 0.15) is 41.4 Å². The number of esters is 1. The number of ether oxygens (including phenoxy) is 1. The lowest BCUT2D eigenvalue weighted by Gasteiger charge is -2.10. The molecule has 0 spiro atoms. The van der Waals surface area contributed by atoms with E-state index in [4.69, 9.17) is 4.74 Å². The molecule has 1 N–H and O–H groups in total. The number of benzene rings is 1. The Labute approximate surface area is 148 Å². The van der Waals surface area contributed by atoms with Crippen molar-refractivity contribution in [3.8, 4) is 0 Å². The number of nitrogens with one attached hydrogen (secondary N) is 1. The number of hydrogen-bond donors (Lipinski definition) is 1. The summed E-state index contributed by atoms with van der Waals surface area (Å²) < 4.78 is 4.87. The summed E-state index contributed by atoms with van der Waals surface area (Å²) in [6.45, 7) is 3.77. The van der Waals surface area contributed by atoms with E-state index in [2.05, 4.69) is 19.2 Å². The molecule has 0 saturated carbocycles. The van der Waals surface area contributed by atoms with Crippen LogP contribution in [-0.2, 0) is 9.53 Å². The van der Waals surface area contributed by atoms with Crippen LogP contribution in [0.25, 0.3) is 0 Å². The van der Waals surface area contributed by atoms with Crippen LogP contribution in [-0.4, -0.2) is 23.4 Å². The molecule has 25 heavy (non-hydrogen) atoms. The van der Waals surface area contributed by atoms with Gasteiger partial charge < -0.3 is 10.1 Å². The lowest BCUT2D eigenvalue weighted by molar-refractivity contribution is -0.380. The second kappa shape index (κ2) is 8.39. The van der Waals surface area contributed by atoms with Crippen LogP contribution in [0.4, 0.5) is 10.7 Å². The Kier molecular flexibility index (Phi) is 6.24. The fourth-order valence-corrected chi connectivity index (χ4v) is 2.78. The fraction of sp³-hybridized carbons (Fsp3) is 0.294. The molecule has 7 nitrogen and oxygen atoms in total. The Morgan fingerprint density at radius 2 is 1.92 bits per heavy atom. The molecule has 1 atom stereocenters. The SMILES string of the molecule is CC[C@H](C)c1ccc(NC(=O)COC(=O)c2ccc([N+](=O)[O-])s2)cc1. The minimum Gasteiger partial charge on any atom is -0.451 e. The second-order valence-electron chi connectivity index (χ2n) is 5.45. The van der Waals surface area contributed by atoms with Crippen LogP contribution in [0, 0.1) is 10.1 Å². The van der Waals surface area contributed by atoms with Crippen LogP contribution in [0.3, 0.4) is 0 Å². The first-order valence-electron chi connectivity index (χ1n) is 7.72. The summed E-state index contributed by atoms with van der Waals surface area (Å²) in [6, 6.07) is 10.0. The van der Waals surface area contributed by atoms with Gasteiger partial charge in [-0.05, 0) is 36.1 Å². The first-order valence-corrected chi connectivity index (χ1v) is 8.53. The minimum absolute atomic E-state index is 0.0809. The topological polar surface area (TPSA) is 98.5 Å². The van der Waals surface area contributed by atoms with Crippen molar-refractivity contribution in [3.63, 3.8) is 0 Å². The van der Waals surface area contributed by atoms with Gasteiger partial charge >= 0.3 is 11.0 Å². The molecule has 1 heterocycles. The Morgan fingerprint density at radius 1 is 1.24 bits per heavy atom. The number of thiophene rings is 1. The number of amides is 1. The summed E-state index contributed by atoms with van der Waals surface area (Å²) >= 11 is 0.706. The van der Waals surface area contributed by atoms with E-state index in [1.807, 2.05) is 12.1 Å². The van der Waals surface area contributed by atoms with Crippen molar-refractivity contribution in [1.82, 2.24) is 0 Å². The third-order valence-corrected chi connectivity index (χ3v) is 4.70. The average molecular weight is 362 g/mol. The van der Waals surface area contributed by atoms with Crippen LogP contribution in [0.15, 0.2) is 36.4 Å². The van der Waals surface area contributed by atoms with Crippen LogP contribution >= 0.6 is 11.3 Å². The molecule has 1 amide bonds. The van der Waals surface area contributed by atoms with Gasteiger partial charge in [0.2, 0.25) is 0 Å². The molecule has 0 aliphatic rings. The van der Waals surface area contributed by atoms with Gasteiger partial charge in [-0.2, -0.15) is 0 Å². The van der Waals surface area contributed by atoms with E-state index in [1.54, 1.807) is 12.1 Å². The molecular weight excluding hydrogens is 344 g/mol. The highest BCUT2D eigenvalue weighted by atomic mass is 32.1. The minimum atomic E-state index is -0.764. The van der Waals surface area contributed by atoms with Gasteiger partial charge in [-0.25, -0.2) is 4.79 Å². The number of anilines is 1. The Hall–Kier alpha value is -2.74. The first kappa shape index (κ1) is 18.6. The Morgan fingerprint density at radius 3 is 2.48 bits per heavy atom. The van der Waals surface area contributed by atoms with Crippen LogP contribution in [0.2, 0.25) is 0 Å². The molecule has 8 heteroatoms. The molecule has 132 valence electrons. The van der Waals surface area contributed by atoms with Crippen molar-refractivity contribution in [2.75, 3.05) is 11.9 Å². The zero-order chi connectivity index (χ0) is 18.4. The van der Waals surface area contributed by atoms with Crippen molar-refractivity contribution in [1.29, 1.82) is 0 Å². The van der Waals surface area contributed by atoms with Crippen LogP contribution < -0.4 is 5.32 Å². The third kappa shape index (κ3) is 5.12. The number of nitrogens with zero attached hydrogens (tertiary/aromatic N) is 1. The monoisotopic (exact) mass is 362 g/mol. The molecule has 1 aromatic carbocycles. The van der Waals surface area contributed by atoms with Crippen molar-refractivity contribution in [2.24, 2.45) is 0 Å². The summed E-state index contributed by atoms with van der Waals surface area (Å²) in [5, 5.41) is 13.1. The molecule has 0 aliphatic heterocycles. The van der Waals surface area contributed by atoms with Gasteiger partial charge in [-0.1, -0.05) is 37.3 Å². The molecule has 0 saturated heterocycles. The summed E-state index contributed by atoms with van der Waals surface area (Å²) in [4.78, 5) is 33.7. The number of carbonyl (C=O) groups excluding carboxylic acids is 2. The van der Waals surface area contributed by atoms with Crippen molar-refractivity contribution >= 4 is 33.9 Å². The van der Waals surface area contributed by atoms with E-state index in [0.29, 0.717) is 22.9 Å². The van der Waals surface area contributed by atoms with E-state index in [0.717, 1.165) is 6.42 Å². The lowest BCUT2D eigenvalue weighted by atomic mass is 9.99. The summed E-state index contributed by atoms with van der Waals surface area (Å²) in [5.74, 6) is -0.795. The van der Waals surface area contributed by atoms with Gasteiger partial charge in [0.15, 0.2) is 6.61 Å². The molecule has 0 aliphatic carbocycles. The Balaban J connectivity index is 1.85. The van der Waals surface area contributed by atoms with E-state index < -0.39 is 23.4 Å². The quantitative estimate of drug-likeness (QED) is 0.456. The normalized spacial score (nSPS) is 11.6. The number of hydrogen-bond acceptors (Lipinski definition) is 6. The highest BCUT2D eigenvalue weighted by Crippen LogP contribution is 2.24. The first-order chi connectivity index (χ1) is 11.9. The zero-order valence-corrected chi connectivity index (χ0v) is 14.7. The smallest absolute Gasteiger partial charge is 0.349 e. The summed E-state index contributed by atoms with van der Waals surface area (Å²) in [7, 11) is 0. The summed E-state index contributed by atoms with van der Waals surface area (Å²) in [6.07, 6.45) is 1.03. The zero-order valence-electron chi connectivity index (χ0n) is 13.9. The predicted molar refractivity (Wildman–Crippen MR) is 95.0 cm³/mol.